The molecule has 3 unspecified atom stereocenters. The van der Waals surface area contributed by atoms with E-state index in [4.69, 9.17) is 0 Å². The summed E-state index contributed by atoms with van der Waals surface area (Å²) in [7, 11) is -2.96. The molecule has 1 N–H and O–H groups in total. The van der Waals surface area contributed by atoms with Gasteiger partial charge in [-0.3, -0.25) is 0 Å². The second-order valence-corrected chi connectivity index (χ2v) is 8.27. The predicted molar refractivity (Wildman–Crippen MR) is 83.8 cm³/mol. The Kier molecular flexibility index (Phi) is 5.32. The van der Waals surface area contributed by atoms with Crippen LogP contribution in [0.4, 0.5) is 0 Å². The van der Waals surface area contributed by atoms with Gasteiger partial charge in [0.15, 0.2) is 0 Å². The van der Waals surface area contributed by atoms with Crippen LogP contribution in [-0.4, -0.2) is 36.4 Å². The van der Waals surface area contributed by atoms with Crippen molar-refractivity contribution < 1.29 is 8.42 Å². The van der Waals surface area contributed by atoms with Crippen molar-refractivity contribution in [1.29, 1.82) is 0 Å². The van der Waals surface area contributed by atoms with Crippen molar-refractivity contribution in [1.82, 2.24) is 15.3 Å². The topological polar surface area (TPSA) is 72.0 Å². The molecular formula is C15H25N3O2S. The molecule has 0 saturated heterocycles. The van der Waals surface area contributed by atoms with Crippen LogP contribution in [0, 0.1) is 12.8 Å². The molecule has 5 nitrogen and oxygen atoms in total. The molecular weight excluding hydrogens is 286 g/mol. The van der Waals surface area contributed by atoms with E-state index in [1.54, 1.807) is 6.20 Å². The Labute approximate surface area is 127 Å². The summed E-state index contributed by atoms with van der Waals surface area (Å²) in [5.74, 6) is 1.07. The Bertz CT molecular complexity index is 574. The first-order valence-electron chi connectivity index (χ1n) is 7.63. The molecule has 1 fully saturated rings. The Morgan fingerprint density at radius 2 is 2.19 bits per heavy atom. The first kappa shape index (κ1) is 16.4. The van der Waals surface area contributed by atoms with E-state index in [0.717, 1.165) is 43.7 Å². The molecule has 0 aliphatic heterocycles. The average Bonchev–Trinajstić information content (AvgIpc) is 2.44. The van der Waals surface area contributed by atoms with Gasteiger partial charge in [0.05, 0.1) is 17.0 Å². The second-order valence-electron chi connectivity index (χ2n) is 5.94. The molecule has 21 heavy (non-hydrogen) atoms. The van der Waals surface area contributed by atoms with Crippen LogP contribution in [0.3, 0.4) is 0 Å². The third kappa shape index (κ3) is 4.23. The van der Waals surface area contributed by atoms with Crippen molar-refractivity contribution in [3.8, 4) is 0 Å². The van der Waals surface area contributed by atoms with Crippen LogP contribution < -0.4 is 5.32 Å². The summed E-state index contributed by atoms with van der Waals surface area (Å²) < 4.78 is 23.7. The third-order valence-electron chi connectivity index (χ3n) is 4.28. The van der Waals surface area contributed by atoms with Gasteiger partial charge in [-0.15, -0.1) is 0 Å². The zero-order valence-electron chi connectivity index (χ0n) is 13.0. The quantitative estimate of drug-likeness (QED) is 0.901. The summed E-state index contributed by atoms with van der Waals surface area (Å²) in [6, 6.07) is 2.05. The van der Waals surface area contributed by atoms with Gasteiger partial charge in [-0.2, -0.15) is 0 Å². The molecule has 0 aromatic carbocycles. The summed E-state index contributed by atoms with van der Waals surface area (Å²) in [6.07, 6.45) is 6.66. The maximum Gasteiger partial charge on any atom is 0.150 e. The third-order valence-corrected chi connectivity index (χ3v) is 5.92. The summed E-state index contributed by atoms with van der Waals surface area (Å²) >= 11 is 0. The predicted octanol–water partition coefficient (Wildman–Crippen LogP) is 2.04. The molecule has 0 amide bonds. The van der Waals surface area contributed by atoms with Crippen LogP contribution in [0.5, 0.6) is 0 Å². The van der Waals surface area contributed by atoms with E-state index in [0.29, 0.717) is 5.92 Å². The maximum atomic E-state index is 11.9. The van der Waals surface area contributed by atoms with Crippen molar-refractivity contribution in [3.05, 3.63) is 23.8 Å². The summed E-state index contributed by atoms with van der Waals surface area (Å²) in [5.41, 5.74) is 0.975. The fourth-order valence-corrected chi connectivity index (χ4v) is 4.44. The molecule has 0 radical (unpaired) electrons. The van der Waals surface area contributed by atoms with Gasteiger partial charge in [-0.1, -0.05) is 13.3 Å². The van der Waals surface area contributed by atoms with Crippen molar-refractivity contribution in [2.24, 2.45) is 5.92 Å². The summed E-state index contributed by atoms with van der Waals surface area (Å²) in [6.45, 7) is 4.79. The van der Waals surface area contributed by atoms with E-state index in [9.17, 15) is 8.42 Å². The fraction of sp³-hybridized carbons (Fsp3) is 0.733. The highest BCUT2D eigenvalue weighted by Gasteiger charge is 2.33. The zero-order chi connectivity index (χ0) is 15.5. The fourth-order valence-electron chi connectivity index (χ4n) is 3.25. The van der Waals surface area contributed by atoms with Gasteiger partial charge in [0.25, 0.3) is 0 Å². The lowest BCUT2D eigenvalue weighted by atomic mass is 9.82. The first-order valence-corrected chi connectivity index (χ1v) is 9.59. The van der Waals surface area contributed by atoms with Crippen LogP contribution in [0.25, 0.3) is 0 Å². The standard InChI is InChI=1S/C15H25N3O2S/c1-4-16-15(14-8-9-17-11(2)18-14)12-6-5-7-13(10-12)21(3,19)20/h8-9,12-13,15-16H,4-7,10H2,1-3H3. The van der Waals surface area contributed by atoms with E-state index < -0.39 is 9.84 Å². The lowest BCUT2D eigenvalue weighted by Crippen LogP contribution is -2.36. The smallest absolute Gasteiger partial charge is 0.150 e. The van der Waals surface area contributed by atoms with Crippen molar-refractivity contribution >= 4 is 9.84 Å². The monoisotopic (exact) mass is 311 g/mol. The number of sulfone groups is 1. The average molecular weight is 311 g/mol. The highest BCUT2D eigenvalue weighted by Crippen LogP contribution is 2.36. The van der Waals surface area contributed by atoms with Crippen LogP contribution in [0.1, 0.15) is 50.2 Å². The molecule has 118 valence electrons. The lowest BCUT2D eigenvalue weighted by Gasteiger charge is -2.34. The molecule has 0 bridgehead atoms. The van der Waals surface area contributed by atoms with Gasteiger partial charge in [0.2, 0.25) is 0 Å². The number of rotatable bonds is 5. The van der Waals surface area contributed by atoms with Crippen LogP contribution in [0.15, 0.2) is 12.3 Å². The van der Waals surface area contributed by atoms with Gasteiger partial charge in [0, 0.05) is 12.5 Å². The molecule has 1 aliphatic carbocycles. The largest absolute Gasteiger partial charge is 0.309 e. The van der Waals surface area contributed by atoms with E-state index >= 15 is 0 Å². The molecule has 6 heteroatoms. The van der Waals surface area contributed by atoms with Gasteiger partial charge in [-0.25, -0.2) is 18.4 Å². The van der Waals surface area contributed by atoms with Gasteiger partial charge in [0.1, 0.15) is 15.7 Å². The number of nitrogens with one attached hydrogen (secondary N) is 1. The molecule has 0 spiro atoms. The molecule has 1 heterocycles. The Hall–Kier alpha value is -1.01. The van der Waals surface area contributed by atoms with E-state index in [-0.39, 0.29) is 11.3 Å². The Morgan fingerprint density at radius 3 is 2.81 bits per heavy atom. The molecule has 1 saturated carbocycles. The maximum absolute atomic E-state index is 11.9. The number of nitrogens with zero attached hydrogens (tertiary/aromatic N) is 2. The molecule has 2 rings (SSSR count). The van der Waals surface area contributed by atoms with E-state index in [2.05, 4.69) is 22.2 Å². The minimum absolute atomic E-state index is 0.112. The normalized spacial score (nSPS) is 24.7. The van der Waals surface area contributed by atoms with Crippen LogP contribution >= 0.6 is 0 Å². The van der Waals surface area contributed by atoms with Gasteiger partial charge >= 0.3 is 0 Å². The van der Waals surface area contributed by atoms with Gasteiger partial charge < -0.3 is 5.32 Å². The highest BCUT2D eigenvalue weighted by atomic mass is 32.2. The minimum atomic E-state index is -2.96. The Morgan fingerprint density at radius 1 is 1.43 bits per heavy atom. The van der Waals surface area contributed by atoms with E-state index in [1.807, 2.05) is 13.0 Å². The molecule has 3 atom stereocenters. The molecule has 1 aromatic rings. The number of hydrogen-bond acceptors (Lipinski definition) is 5. The SMILES string of the molecule is CCNC(c1ccnc(C)n1)C1CCCC(S(C)(=O)=O)C1. The number of hydrogen-bond donors (Lipinski definition) is 1. The zero-order valence-corrected chi connectivity index (χ0v) is 13.9. The van der Waals surface area contributed by atoms with Crippen LogP contribution in [-0.2, 0) is 9.84 Å². The molecule has 1 aromatic heterocycles. The van der Waals surface area contributed by atoms with Crippen molar-refractivity contribution in [2.45, 2.75) is 50.8 Å². The highest BCUT2D eigenvalue weighted by molar-refractivity contribution is 7.91. The van der Waals surface area contributed by atoms with Crippen molar-refractivity contribution in [3.63, 3.8) is 0 Å². The van der Waals surface area contributed by atoms with E-state index in [1.165, 1.54) is 6.26 Å². The minimum Gasteiger partial charge on any atom is -0.309 e. The number of aromatic nitrogens is 2. The summed E-state index contributed by atoms with van der Waals surface area (Å²) in [5, 5.41) is 3.27. The van der Waals surface area contributed by atoms with Crippen LogP contribution in [0.2, 0.25) is 0 Å². The number of aryl methyl sites for hydroxylation is 1. The Balaban J connectivity index is 2.22. The lowest BCUT2D eigenvalue weighted by molar-refractivity contribution is 0.271. The molecule has 1 aliphatic rings. The van der Waals surface area contributed by atoms with Gasteiger partial charge in [-0.05, 0) is 44.7 Å². The van der Waals surface area contributed by atoms with Crippen molar-refractivity contribution in [2.75, 3.05) is 12.8 Å². The second kappa shape index (κ2) is 6.83. The first-order chi connectivity index (χ1) is 9.91. The summed E-state index contributed by atoms with van der Waals surface area (Å²) in [4.78, 5) is 8.68.